The van der Waals surface area contributed by atoms with Gasteiger partial charge in [-0.3, -0.25) is 0 Å². The topological polar surface area (TPSA) is 27.7 Å². The summed E-state index contributed by atoms with van der Waals surface area (Å²) < 4.78 is 19.0. The zero-order valence-corrected chi connectivity index (χ0v) is 22.7. The number of unbranched alkanes of at least 4 members (excludes halogenated alkanes) is 1. The predicted octanol–water partition coefficient (Wildman–Crippen LogP) is 7.91. The first-order valence-corrected chi connectivity index (χ1v) is 17.5. The van der Waals surface area contributed by atoms with Crippen LogP contribution >= 0.6 is 11.6 Å². The van der Waals surface area contributed by atoms with Crippen LogP contribution in [0.25, 0.3) is 0 Å². The predicted molar refractivity (Wildman–Crippen MR) is 131 cm³/mol. The van der Waals surface area contributed by atoms with E-state index in [1.54, 1.807) is 0 Å². The summed E-state index contributed by atoms with van der Waals surface area (Å²) in [6, 6.07) is 8.83. The van der Waals surface area contributed by atoms with Crippen molar-refractivity contribution in [3.63, 3.8) is 0 Å². The molecule has 0 aliphatic heterocycles. The second-order valence-corrected chi connectivity index (χ2v) is 19.7. The van der Waals surface area contributed by atoms with Crippen molar-refractivity contribution in [2.75, 3.05) is 13.2 Å². The molecule has 0 aliphatic carbocycles. The van der Waals surface area contributed by atoms with Crippen LogP contribution in [-0.4, -0.2) is 36.0 Å². The molecule has 0 saturated heterocycles. The average molecular weight is 459 g/mol. The van der Waals surface area contributed by atoms with Crippen LogP contribution in [0.5, 0.6) is 5.75 Å². The van der Waals surface area contributed by atoms with Crippen LogP contribution in [0.1, 0.15) is 53.4 Å². The van der Waals surface area contributed by atoms with Gasteiger partial charge in [-0.15, -0.1) is 0 Å². The second-order valence-electron chi connectivity index (χ2n) is 10.1. The number of hydrogen-bond donors (Lipinski definition) is 0. The van der Waals surface area contributed by atoms with Crippen LogP contribution < -0.4 is 4.74 Å². The third-order valence-corrected chi connectivity index (χ3v) is 13.1. The molecular formula is C23H43ClO3Si2. The first kappa shape index (κ1) is 26.7. The number of ether oxygens (including phenoxy) is 1. The molecule has 0 aliphatic rings. The van der Waals surface area contributed by atoms with Crippen LogP contribution in [0.2, 0.25) is 42.3 Å². The largest absolute Gasteiger partial charge is 0.488 e. The SMILES string of the molecule is CCCC[Si](C)(C)OC[C@H](CCCO[Si](C)(C)C(C)(C)C)Oc1cccc(Cl)c1. The van der Waals surface area contributed by atoms with Crippen molar-refractivity contribution in [2.24, 2.45) is 0 Å². The Balaban J connectivity index is 2.65. The van der Waals surface area contributed by atoms with Crippen molar-refractivity contribution >= 4 is 28.2 Å². The van der Waals surface area contributed by atoms with Gasteiger partial charge in [-0.1, -0.05) is 58.2 Å². The van der Waals surface area contributed by atoms with Crippen LogP contribution in [0, 0.1) is 0 Å². The summed E-state index contributed by atoms with van der Waals surface area (Å²) in [5.74, 6) is 0.810. The fourth-order valence-corrected chi connectivity index (χ4v) is 6.01. The molecule has 0 fully saturated rings. The number of rotatable bonds is 13. The first-order valence-electron chi connectivity index (χ1n) is 11.1. The highest BCUT2D eigenvalue weighted by atomic mass is 35.5. The molecule has 0 unspecified atom stereocenters. The maximum absolute atomic E-state index is 6.40. The standard InChI is InChI=1S/C23H43ClO3Si2/c1-9-10-17-28(5,6)26-19-22(27-21-14-11-13-20(24)18-21)15-12-16-25-29(7,8)23(2,3)4/h11,13-14,18,22H,9-10,12,15-17,19H2,1-8H3/t22-/m0/s1. The van der Waals surface area contributed by atoms with Crippen molar-refractivity contribution in [3.05, 3.63) is 29.3 Å². The van der Waals surface area contributed by atoms with Gasteiger partial charge in [0.25, 0.3) is 0 Å². The maximum Gasteiger partial charge on any atom is 0.191 e. The summed E-state index contributed by atoms with van der Waals surface area (Å²) >= 11 is 6.14. The molecule has 0 radical (unpaired) electrons. The minimum absolute atomic E-state index is 0.0184. The highest BCUT2D eigenvalue weighted by Gasteiger charge is 2.36. The summed E-state index contributed by atoms with van der Waals surface area (Å²) in [5, 5.41) is 0.933. The Morgan fingerprint density at radius 2 is 1.72 bits per heavy atom. The normalized spacial score (nSPS) is 14.1. The van der Waals surface area contributed by atoms with Crippen LogP contribution in [0.15, 0.2) is 24.3 Å². The molecule has 0 heterocycles. The van der Waals surface area contributed by atoms with Crippen molar-refractivity contribution in [2.45, 2.75) is 96.8 Å². The number of hydrogen-bond acceptors (Lipinski definition) is 3. The number of halogens is 1. The molecular weight excluding hydrogens is 416 g/mol. The average Bonchev–Trinajstić information content (AvgIpc) is 2.60. The Kier molecular flexibility index (Phi) is 11.0. The fraction of sp³-hybridized carbons (Fsp3) is 0.739. The van der Waals surface area contributed by atoms with Gasteiger partial charge >= 0.3 is 0 Å². The molecule has 1 rings (SSSR count). The van der Waals surface area contributed by atoms with Crippen molar-refractivity contribution in [1.82, 2.24) is 0 Å². The summed E-state index contributed by atoms with van der Waals surface area (Å²) in [6.45, 7) is 19.7. The Hall–Kier alpha value is -0.336. The maximum atomic E-state index is 6.40. The lowest BCUT2D eigenvalue weighted by Gasteiger charge is -2.36. The van der Waals surface area contributed by atoms with E-state index in [1.807, 2.05) is 24.3 Å². The Morgan fingerprint density at radius 1 is 1.03 bits per heavy atom. The second kappa shape index (κ2) is 11.9. The Labute approximate surface area is 186 Å². The van der Waals surface area contributed by atoms with E-state index in [0.717, 1.165) is 25.2 Å². The van der Waals surface area contributed by atoms with E-state index >= 15 is 0 Å². The van der Waals surface area contributed by atoms with E-state index in [9.17, 15) is 0 Å². The molecule has 0 aromatic heterocycles. The van der Waals surface area contributed by atoms with Gasteiger partial charge in [0.2, 0.25) is 0 Å². The molecule has 1 aromatic carbocycles. The molecule has 3 nitrogen and oxygen atoms in total. The number of benzene rings is 1. The van der Waals surface area contributed by atoms with Gasteiger partial charge in [-0.2, -0.15) is 0 Å². The van der Waals surface area contributed by atoms with Gasteiger partial charge < -0.3 is 13.6 Å². The van der Waals surface area contributed by atoms with Gasteiger partial charge in [0, 0.05) is 11.6 Å². The lowest BCUT2D eigenvalue weighted by molar-refractivity contribution is 0.109. The van der Waals surface area contributed by atoms with E-state index in [2.05, 4.69) is 53.9 Å². The summed E-state index contributed by atoms with van der Waals surface area (Å²) in [4.78, 5) is 0. The third kappa shape index (κ3) is 10.5. The molecule has 29 heavy (non-hydrogen) atoms. The van der Waals surface area contributed by atoms with Crippen molar-refractivity contribution in [1.29, 1.82) is 0 Å². The van der Waals surface area contributed by atoms with Gasteiger partial charge in [-0.25, -0.2) is 0 Å². The first-order chi connectivity index (χ1) is 13.4. The van der Waals surface area contributed by atoms with Crippen LogP contribution in [0.3, 0.4) is 0 Å². The molecule has 0 spiro atoms. The summed E-state index contributed by atoms with van der Waals surface area (Å²) in [5.41, 5.74) is 0. The molecule has 0 amide bonds. The zero-order valence-electron chi connectivity index (χ0n) is 19.9. The van der Waals surface area contributed by atoms with Gasteiger partial charge in [0.05, 0.1) is 6.61 Å². The molecule has 168 valence electrons. The van der Waals surface area contributed by atoms with E-state index in [1.165, 1.54) is 18.9 Å². The molecule has 0 saturated carbocycles. The highest BCUT2D eigenvalue weighted by molar-refractivity contribution is 6.74. The van der Waals surface area contributed by atoms with Gasteiger partial charge in [-0.05, 0) is 68.3 Å². The lowest BCUT2D eigenvalue weighted by Crippen LogP contribution is -2.41. The van der Waals surface area contributed by atoms with E-state index in [0.29, 0.717) is 11.6 Å². The molecule has 6 heteroatoms. The van der Waals surface area contributed by atoms with Gasteiger partial charge in [0.15, 0.2) is 16.6 Å². The monoisotopic (exact) mass is 458 g/mol. The van der Waals surface area contributed by atoms with E-state index < -0.39 is 16.6 Å². The molecule has 1 aromatic rings. The molecule has 0 bridgehead atoms. The van der Waals surface area contributed by atoms with Crippen molar-refractivity contribution in [3.8, 4) is 5.75 Å². The van der Waals surface area contributed by atoms with Crippen LogP contribution in [-0.2, 0) is 8.85 Å². The Bertz CT molecular complexity index is 600. The smallest absolute Gasteiger partial charge is 0.191 e. The minimum Gasteiger partial charge on any atom is -0.488 e. The fourth-order valence-electron chi connectivity index (χ4n) is 2.76. The molecule has 1 atom stereocenters. The van der Waals surface area contributed by atoms with Gasteiger partial charge in [0.1, 0.15) is 11.9 Å². The van der Waals surface area contributed by atoms with Crippen LogP contribution in [0.4, 0.5) is 0 Å². The Morgan fingerprint density at radius 3 is 2.31 bits per heavy atom. The van der Waals surface area contributed by atoms with Crippen molar-refractivity contribution < 1.29 is 13.6 Å². The third-order valence-electron chi connectivity index (χ3n) is 5.83. The van der Waals surface area contributed by atoms with E-state index in [4.69, 9.17) is 25.2 Å². The minimum atomic E-state index is -1.70. The quantitative estimate of drug-likeness (QED) is 0.222. The summed E-state index contributed by atoms with van der Waals surface area (Å²) in [6.07, 6.45) is 4.36. The lowest BCUT2D eigenvalue weighted by atomic mass is 10.2. The summed E-state index contributed by atoms with van der Waals surface area (Å²) in [7, 11) is -3.35. The van der Waals surface area contributed by atoms with E-state index in [-0.39, 0.29) is 11.1 Å². The molecule has 0 N–H and O–H groups in total. The zero-order chi connectivity index (χ0) is 22.1. The highest BCUT2D eigenvalue weighted by Crippen LogP contribution is 2.36.